The van der Waals surface area contributed by atoms with Gasteiger partial charge in [-0.2, -0.15) is 0 Å². The largest absolute Gasteiger partial charge is 0.320 e. The van der Waals surface area contributed by atoms with E-state index in [0.717, 1.165) is 10.4 Å². The Balaban J connectivity index is 2.37. The molecule has 1 aromatic carbocycles. The summed E-state index contributed by atoms with van der Waals surface area (Å²) < 4.78 is 0. The summed E-state index contributed by atoms with van der Waals surface area (Å²) in [5, 5.41) is 3.23. The minimum Gasteiger partial charge on any atom is -0.320 e. The third kappa shape index (κ3) is 2.52. The molecule has 78 valence electrons. The van der Waals surface area contributed by atoms with Crippen LogP contribution in [0.3, 0.4) is 0 Å². The molecule has 0 aliphatic rings. The summed E-state index contributed by atoms with van der Waals surface area (Å²) in [7, 11) is 0. The lowest BCUT2D eigenvalue weighted by molar-refractivity contribution is 0.894. The lowest BCUT2D eigenvalue weighted by atomic mass is 10.1. The third-order valence-electron chi connectivity index (χ3n) is 2.09. The van der Waals surface area contributed by atoms with Crippen molar-refractivity contribution in [3.63, 3.8) is 0 Å². The average Bonchev–Trinajstić information content (AvgIpc) is 2.67. The van der Waals surface area contributed by atoms with Gasteiger partial charge in [0, 0.05) is 14.9 Å². The van der Waals surface area contributed by atoms with Gasteiger partial charge in [-0.3, -0.25) is 0 Å². The summed E-state index contributed by atoms with van der Waals surface area (Å²) >= 11 is 13.5. The van der Waals surface area contributed by atoms with Crippen LogP contribution in [0.1, 0.15) is 16.5 Å². The maximum atomic E-state index is 6.09. The van der Waals surface area contributed by atoms with Gasteiger partial charge in [0.05, 0.1) is 6.04 Å². The first-order chi connectivity index (χ1) is 7.16. The quantitative estimate of drug-likeness (QED) is 0.862. The highest BCUT2D eigenvalue weighted by Crippen LogP contribution is 2.28. The predicted octanol–water partition coefficient (Wildman–Crippen LogP) is 4.10. The van der Waals surface area contributed by atoms with Gasteiger partial charge in [0.1, 0.15) is 0 Å². The molecule has 0 radical (unpaired) electrons. The summed E-state index contributed by atoms with van der Waals surface area (Å²) in [6.07, 6.45) is 0. The fraction of sp³-hybridized carbons (Fsp3) is 0.0909. The Hall–Kier alpha value is -0.540. The fourth-order valence-electron chi connectivity index (χ4n) is 1.39. The molecule has 0 aliphatic carbocycles. The predicted molar refractivity (Wildman–Crippen MR) is 66.8 cm³/mol. The van der Waals surface area contributed by atoms with E-state index in [2.05, 4.69) is 0 Å². The molecule has 2 rings (SSSR count). The molecule has 1 unspecified atom stereocenters. The summed E-state index contributed by atoms with van der Waals surface area (Å²) in [5.74, 6) is 0. The number of nitrogens with two attached hydrogens (primary N) is 1. The SMILES string of the molecule is NC(c1cc(Cl)cc(Cl)c1)c1cccs1. The highest BCUT2D eigenvalue weighted by atomic mass is 35.5. The first-order valence-electron chi connectivity index (χ1n) is 4.42. The molecule has 1 nitrogen and oxygen atoms in total. The van der Waals surface area contributed by atoms with E-state index >= 15 is 0 Å². The number of rotatable bonds is 2. The normalized spacial score (nSPS) is 12.7. The van der Waals surface area contributed by atoms with Crippen molar-refractivity contribution in [3.05, 3.63) is 56.2 Å². The van der Waals surface area contributed by atoms with Crippen LogP contribution < -0.4 is 5.73 Å². The van der Waals surface area contributed by atoms with Crippen LogP contribution in [0.15, 0.2) is 35.7 Å². The van der Waals surface area contributed by atoms with Crippen LogP contribution in [0, 0.1) is 0 Å². The zero-order valence-electron chi connectivity index (χ0n) is 7.78. The monoisotopic (exact) mass is 257 g/mol. The minimum absolute atomic E-state index is 0.152. The molecular weight excluding hydrogens is 249 g/mol. The van der Waals surface area contributed by atoms with Gasteiger partial charge >= 0.3 is 0 Å². The second kappa shape index (κ2) is 4.54. The summed E-state index contributed by atoms with van der Waals surface area (Å²) in [5.41, 5.74) is 7.03. The molecule has 2 N–H and O–H groups in total. The first-order valence-corrected chi connectivity index (χ1v) is 6.05. The molecule has 0 aliphatic heterocycles. The van der Waals surface area contributed by atoms with Crippen LogP contribution in [-0.2, 0) is 0 Å². The Kier molecular flexibility index (Phi) is 3.32. The van der Waals surface area contributed by atoms with Crippen LogP contribution in [0.5, 0.6) is 0 Å². The van der Waals surface area contributed by atoms with E-state index in [4.69, 9.17) is 28.9 Å². The van der Waals surface area contributed by atoms with Crippen molar-refractivity contribution in [1.82, 2.24) is 0 Å². The molecule has 1 atom stereocenters. The van der Waals surface area contributed by atoms with E-state index < -0.39 is 0 Å². The molecule has 0 bridgehead atoms. The molecule has 2 aromatic rings. The van der Waals surface area contributed by atoms with Gasteiger partial charge in [-0.15, -0.1) is 11.3 Å². The number of benzene rings is 1. The number of halogens is 2. The second-order valence-electron chi connectivity index (χ2n) is 3.20. The van der Waals surface area contributed by atoms with Gasteiger partial charge in [0.25, 0.3) is 0 Å². The highest BCUT2D eigenvalue weighted by Gasteiger charge is 2.10. The summed E-state index contributed by atoms with van der Waals surface area (Å²) in [6, 6.07) is 9.22. The molecule has 0 fully saturated rings. The molecule has 1 heterocycles. The van der Waals surface area contributed by atoms with Crippen molar-refractivity contribution in [2.24, 2.45) is 5.73 Å². The van der Waals surface area contributed by atoms with Gasteiger partial charge in [-0.1, -0.05) is 29.3 Å². The van der Waals surface area contributed by atoms with Gasteiger partial charge in [0.2, 0.25) is 0 Å². The Bertz CT molecular complexity index is 433. The van der Waals surface area contributed by atoms with Gasteiger partial charge in [0.15, 0.2) is 0 Å². The Morgan fingerprint density at radius 2 is 1.80 bits per heavy atom. The third-order valence-corrected chi connectivity index (χ3v) is 3.49. The van der Waals surface area contributed by atoms with E-state index in [-0.39, 0.29) is 6.04 Å². The van der Waals surface area contributed by atoms with E-state index in [1.807, 2.05) is 29.6 Å². The van der Waals surface area contributed by atoms with E-state index in [0.29, 0.717) is 10.0 Å². The number of hydrogen-bond donors (Lipinski definition) is 1. The van der Waals surface area contributed by atoms with Crippen molar-refractivity contribution in [1.29, 1.82) is 0 Å². The van der Waals surface area contributed by atoms with E-state index in [1.165, 1.54) is 0 Å². The van der Waals surface area contributed by atoms with Crippen LogP contribution in [0.25, 0.3) is 0 Å². The minimum atomic E-state index is -0.152. The zero-order valence-corrected chi connectivity index (χ0v) is 10.1. The second-order valence-corrected chi connectivity index (χ2v) is 5.05. The molecule has 15 heavy (non-hydrogen) atoms. The van der Waals surface area contributed by atoms with Gasteiger partial charge in [-0.05, 0) is 35.2 Å². The lowest BCUT2D eigenvalue weighted by Crippen LogP contribution is -2.09. The molecular formula is C11H9Cl2NS. The number of hydrogen-bond acceptors (Lipinski definition) is 2. The molecule has 0 spiro atoms. The highest BCUT2D eigenvalue weighted by molar-refractivity contribution is 7.10. The fourth-order valence-corrected chi connectivity index (χ4v) is 2.68. The van der Waals surface area contributed by atoms with Crippen LogP contribution in [0.2, 0.25) is 10.0 Å². The molecule has 1 aromatic heterocycles. The Morgan fingerprint density at radius 3 is 2.33 bits per heavy atom. The van der Waals surface area contributed by atoms with Gasteiger partial charge < -0.3 is 5.73 Å². The smallest absolute Gasteiger partial charge is 0.0647 e. The summed E-state index contributed by atoms with van der Waals surface area (Å²) in [4.78, 5) is 1.10. The maximum absolute atomic E-state index is 6.09. The van der Waals surface area contributed by atoms with Crippen LogP contribution in [-0.4, -0.2) is 0 Å². The van der Waals surface area contributed by atoms with Crippen molar-refractivity contribution in [2.45, 2.75) is 6.04 Å². The topological polar surface area (TPSA) is 26.0 Å². The number of thiophene rings is 1. The van der Waals surface area contributed by atoms with Crippen molar-refractivity contribution >= 4 is 34.5 Å². The van der Waals surface area contributed by atoms with E-state index in [9.17, 15) is 0 Å². The van der Waals surface area contributed by atoms with E-state index in [1.54, 1.807) is 17.4 Å². The maximum Gasteiger partial charge on any atom is 0.0647 e. The summed E-state index contributed by atoms with van der Waals surface area (Å²) in [6.45, 7) is 0. The Labute approximate surface area is 102 Å². The van der Waals surface area contributed by atoms with Crippen molar-refractivity contribution in [2.75, 3.05) is 0 Å². The Morgan fingerprint density at radius 1 is 1.13 bits per heavy atom. The van der Waals surface area contributed by atoms with Crippen molar-refractivity contribution < 1.29 is 0 Å². The molecule has 0 saturated heterocycles. The van der Waals surface area contributed by atoms with Crippen molar-refractivity contribution in [3.8, 4) is 0 Å². The average molecular weight is 258 g/mol. The van der Waals surface area contributed by atoms with Crippen LogP contribution in [0.4, 0.5) is 0 Å². The van der Waals surface area contributed by atoms with Gasteiger partial charge in [-0.25, -0.2) is 0 Å². The molecule has 4 heteroatoms. The van der Waals surface area contributed by atoms with Crippen LogP contribution >= 0.6 is 34.5 Å². The molecule has 0 saturated carbocycles. The first kappa shape index (κ1) is 11.0. The lowest BCUT2D eigenvalue weighted by Gasteiger charge is -2.10. The molecule has 0 amide bonds. The zero-order chi connectivity index (χ0) is 10.8. The standard InChI is InChI=1S/C11H9Cl2NS/c12-8-4-7(5-9(13)6-8)11(14)10-2-1-3-15-10/h1-6,11H,14H2.